The SMILES string of the molecule is CCc1ccc(C2=CCC(=O)N(CCC(=O)NC(C)c3ccc4c(c3)OCCO4)N2)cc1. The summed E-state index contributed by atoms with van der Waals surface area (Å²) in [7, 11) is 0. The van der Waals surface area contributed by atoms with E-state index in [1.165, 1.54) is 10.6 Å². The zero-order chi connectivity index (χ0) is 22.5. The fourth-order valence-corrected chi connectivity index (χ4v) is 3.78. The van der Waals surface area contributed by atoms with E-state index in [-0.39, 0.29) is 24.3 Å². The number of benzene rings is 2. The van der Waals surface area contributed by atoms with Gasteiger partial charge >= 0.3 is 0 Å². The summed E-state index contributed by atoms with van der Waals surface area (Å²) in [5.41, 5.74) is 7.28. The third-order valence-electron chi connectivity index (χ3n) is 5.72. The Morgan fingerprint density at radius 2 is 1.88 bits per heavy atom. The Hall–Kier alpha value is -3.48. The number of amides is 2. The van der Waals surface area contributed by atoms with Crippen LogP contribution in [0.25, 0.3) is 5.70 Å². The van der Waals surface area contributed by atoms with E-state index in [1.54, 1.807) is 0 Å². The van der Waals surface area contributed by atoms with Crippen LogP contribution in [-0.2, 0) is 16.0 Å². The lowest BCUT2D eigenvalue weighted by atomic mass is 10.1. The van der Waals surface area contributed by atoms with Crippen LogP contribution in [-0.4, -0.2) is 36.6 Å². The van der Waals surface area contributed by atoms with Crippen molar-refractivity contribution in [1.82, 2.24) is 15.8 Å². The summed E-state index contributed by atoms with van der Waals surface area (Å²) in [6.45, 7) is 5.40. The highest BCUT2D eigenvalue weighted by Crippen LogP contribution is 2.32. The van der Waals surface area contributed by atoms with E-state index in [9.17, 15) is 9.59 Å². The Morgan fingerprint density at radius 3 is 2.62 bits per heavy atom. The molecular formula is C25H29N3O4. The lowest BCUT2D eigenvalue weighted by Gasteiger charge is -2.29. The number of rotatable bonds is 7. The summed E-state index contributed by atoms with van der Waals surface area (Å²) < 4.78 is 11.2. The van der Waals surface area contributed by atoms with E-state index >= 15 is 0 Å². The number of hydrogen-bond donors (Lipinski definition) is 2. The number of carbonyl (C=O) groups excluding carboxylic acids is 2. The maximum atomic E-state index is 12.5. The molecule has 2 heterocycles. The van der Waals surface area contributed by atoms with E-state index in [2.05, 4.69) is 29.8 Å². The molecule has 2 aliphatic rings. The largest absolute Gasteiger partial charge is 0.486 e. The molecule has 0 radical (unpaired) electrons. The van der Waals surface area contributed by atoms with Gasteiger partial charge in [-0.25, -0.2) is 0 Å². The van der Waals surface area contributed by atoms with Gasteiger partial charge in [0.2, 0.25) is 11.8 Å². The second-order valence-corrected chi connectivity index (χ2v) is 7.97. The van der Waals surface area contributed by atoms with Crippen LogP contribution in [0, 0.1) is 0 Å². The van der Waals surface area contributed by atoms with Gasteiger partial charge in [-0.1, -0.05) is 37.3 Å². The van der Waals surface area contributed by atoms with Gasteiger partial charge in [-0.05, 0) is 48.2 Å². The third kappa shape index (κ3) is 5.04. The highest BCUT2D eigenvalue weighted by molar-refractivity contribution is 5.84. The summed E-state index contributed by atoms with van der Waals surface area (Å²) in [6.07, 6.45) is 3.39. The van der Waals surface area contributed by atoms with E-state index in [0.29, 0.717) is 31.9 Å². The first-order chi connectivity index (χ1) is 15.5. The van der Waals surface area contributed by atoms with Gasteiger partial charge in [0.1, 0.15) is 13.2 Å². The molecule has 0 saturated heterocycles. The van der Waals surface area contributed by atoms with Crippen LogP contribution < -0.4 is 20.2 Å². The Labute approximate surface area is 188 Å². The summed E-state index contributed by atoms with van der Waals surface area (Å²) in [6, 6.07) is 13.8. The average molecular weight is 436 g/mol. The van der Waals surface area contributed by atoms with Crippen molar-refractivity contribution in [3.63, 3.8) is 0 Å². The number of aryl methyl sites for hydroxylation is 1. The second-order valence-electron chi connectivity index (χ2n) is 7.97. The topological polar surface area (TPSA) is 79.9 Å². The smallest absolute Gasteiger partial charge is 0.244 e. The molecule has 2 aromatic rings. The van der Waals surface area contributed by atoms with E-state index in [1.807, 2.05) is 43.3 Å². The predicted octanol–water partition coefficient (Wildman–Crippen LogP) is 3.37. The second kappa shape index (κ2) is 9.77. The Kier molecular flexibility index (Phi) is 6.63. The maximum Gasteiger partial charge on any atom is 0.244 e. The highest BCUT2D eigenvalue weighted by atomic mass is 16.6. The van der Waals surface area contributed by atoms with Crippen LogP contribution in [0.1, 0.15) is 49.4 Å². The summed E-state index contributed by atoms with van der Waals surface area (Å²) in [4.78, 5) is 24.9. The third-order valence-corrected chi connectivity index (χ3v) is 5.72. The molecule has 4 rings (SSSR count). The molecule has 1 unspecified atom stereocenters. The van der Waals surface area contributed by atoms with Crippen LogP contribution in [0.4, 0.5) is 0 Å². The quantitative estimate of drug-likeness (QED) is 0.697. The van der Waals surface area contributed by atoms with Crippen molar-refractivity contribution < 1.29 is 19.1 Å². The van der Waals surface area contributed by atoms with Crippen molar-refractivity contribution in [3.05, 3.63) is 65.2 Å². The highest BCUT2D eigenvalue weighted by Gasteiger charge is 2.21. The van der Waals surface area contributed by atoms with Crippen molar-refractivity contribution >= 4 is 17.5 Å². The lowest BCUT2D eigenvalue weighted by molar-refractivity contribution is -0.133. The molecule has 0 saturated carbocycles. The van der Waals surface area contributed by atoms with Crippen LogP contribution in [0.15, 0.2) is 48.5 Å². The van der Waals surface area contributed by atoms with Crippen molar-refractivity contribution in [1.29, 1.82) is 0 Å². The predicted molar refractivity (Wildman–Crippen MR) is 122 cm³/mol. The molecule has 7 nitrogen and oxygen atoms in total. The minimum absolute atomic E-state index is 0.0494. The van der Waals surface area contributed by atoms with E-state index in [4.69, 9.17) is 9.47 Å². The van der Waals surface area contributed by atoms with Crippen molar-refractivity contribution in [2.75, 3.05) is 19.8 Å². The zero-order valence-corrected chi connectivity index (χ0v) is 18.5. The average Bonchev–Trinajstić information content (AvgIpc) is 2.83. The van der Waals surface area contributed by atoms with Gasteiger partial charge in [0.25, 0.3) is 0 Å². The number of carbonyl (C=O) groups is 2. The number of ether oxygens (including phenoxy) is 2. The van der Waals surface area contributed by atoms with Gasteiger partial charge in [0, 0.05) is 12.8 Å². The van der Waals surface area contributed by atoms with Crippen LogP contribution >= 0.6 is 0 Å². The monoisotopic (exact) mass is 435 g/mol. The number of nitrogens with zero attached hydrogens (tertiary/aromatic N) is 1. The fourth-order valence-electron chi connectivity index (χ4n) is 3.78. The van der Waals surface area contributed by atoms with Gasteiger partial charge in [-0.3, -0.25) is 20.0 Å². The van der Waals surface area contributed by atoms with Gasteiger partial charge in [0.15, 0.2) is 11.5 Å². The molecule has 168 valence electrons. The summed E-state index contributed by atoms with van der Waals surface area (Å²) >= 11 is 0. The number of hydrazine groups is 1. The van der Waals surface area contributed by atoms with Gasteiger partial charge in [-0.2, -0.15) is 0 Å². The molecule has 2 aromatic carbocycles. The minimum atomic E-state index is -0.184. The molecule has 0 bridgehead atoms. The lowest BCUT2D eigenvalue weighted by Crippen LogP contribution is -2.46. The van der Waals surface area contributed by atoms with Gasteiger partial charge < -0.3 is 14.8 Å². The molecular weight excluding hydrogens is 406 g/mol. The molecule has 2 amide bonds. The van der Waals surface area contributed by atoms with E-state index in [0.717, 1.165) is 29.0 Å². The summed E-state index contributed by atoms with van der Waals surface area (Å²) in [5.74, 6) is 1.25. The Balaban J connectivity index is 1.31. The molecule has 32 heavy (non-hydrogen) atoms. The zero-order valence-electron chi connectivity index (χ0n) is 18.5. The number of nitrogens with one attached hydrogen (secondary N) is 2. The molecule has 2 aliphatic heterocycles. The van der Waals surface area contributed by atoms with Crippen LogP contribution in [0.5, 0.6) is 11.5 Å². The molecule has 1 atom stereocenters. The Bertz CT molecular complexity index is 1020. The number of fused-ring (bicyclic) bond motifs is 1. The van der Waals surface area contributed by atoms with Gasteiger partial charge in [-0.15, -0.1) is 0 Å². The van der Waals surface area contributed by atoms with Gasteiger partial charge in [0.05, 0.1) is 18.3 Å². The van der Waals surface area contributed by atoms with Crippen molar-refractivity contribution in [2.45, 2.75) is 39.2 Å². The normalized spacial score (nSPS) is 16.1. The minimum Gasteiger partial charge on any atom is -0.486 e. The van der Waals surface area contributed by atoms with E-state index < -0.39 is 0 Å². The molecule has 2 N–H and O–H groups in total. The molecule has 0 fully saturated rings. The first-order valence-electron chi connectivity index (χ1n) is 11.1. The fraction of sp³-hybridized carbons (Fsp3) is 0.360. The molecule has 0 aromatic heterocycles. The maximum absolute atomic E-state index is 12.5. The Morgan fingerprint density at radius 1 is 1.12 bits per heavy atom. The molecule has 0 aliphatic carbocycles. The standard InChI is InChI=1S/C25H29N3O4/c1-3-18-4-6-19(7-5-18)21-9-11-25(30)28(27-21)13-12-24(29)26-17(2)20-8-10-22-23(16-20)32-15-14-31-22/h4-10,16-17,27H,3,11-15H2,1-2H3,(H,26,29). The molecule has 7 heteroatoms. The molecule has 0 spiro atoms. The van der Waals surface area contributed by atoms with Crippen molar-refractivity contribution in [2.24, 2.45) is 0 Å². The first kappa shape index (κ1) is 21.7. The van der Waals surface area contributed by atoms with Crippen molar-refractivity contribution in [3.8, 4) is 11.5 Å². The number of hydrogen-bond acceptors (Lipinski definition) is 5. The van der Waals surface area contributed by atoms with Crippen LogP contribution in [0.2, 0.25) is 0 Å². The van der Waals surface area contributed by atoms with Crippen LogP contribution in [0.3, 0.4) is 0 Å². The summed E-state index contributed by atoms with van der Waals surface area (Å²) in [5, 5.41) is 4.52. The first-order valence-corrected chi connectivity index (χ1v) is 11.1.